The van der Waals surface area contributed by atoms with Gasteiger partial charge < -0.3 is 10.1 Å². The topological polar surface area (TPSA) is 69.0 Å². The third kappa shape index (κ3) is 3.37. The summed E-state index contributed by atoms with van der Waals surface area (Å²) in [4.78, 5) is 17.1. The van der Waals surface area contributed by atoms with Crippen LogP contribution in [0.4, 0.5) is 0 Å². The molecule has 1 N–H and O–H groups in total. The van der Waals surface area contributed by atoms with E-state index in [0.717, 1.165) is 36.0 Å². The summed E-state index contributed by atoms with van der Waals surface area (Å²) in [5.41, 5.74) is 2.34. The van der Waals surface area contributed by atoms with E-state index in [-0.39, 0.29) is 5.91 Å². The van der Waals surface area contributed by atoms with Crippen LogP contribution >= 0.6 is 0 Å². The Morgan fingerprint density at radius 1 is 1.43 bits per heavy atom. The Labute approximate surface area is 136 Å². The van der Waals surface area contributed by atoms with Crippen LogP contribution in [0.1, 0.15) is 54.2 Å². The lowest BCUT2D eigenvalue weighted by atomic mass is 10.1. The van der Waals surface area contributed by atoms with Gasteiger partial charge in [-0.25, -0.2) is 9.67 Å². The summed E-state index contributed by atoms with van der Waals surface area (Å²) >= 11 is 0. The van der Waals surface area contributed by atoms with Gasteiger partial charge in [0.2, 0.25) is 0 Å². The number of amides is 1. The van der Waals surface area contributed by atoms with Crippen molar-refractivity contribution in [2.45, 2.75) is 45.1 Å². The Morgan fingerprint density at radius 2 is 2.22 bits per heavy atom. The minimum Gasteiger partial charge on any atom is -0.385 e. The lowest BCUT2D eigenvalue weighted by Crippen LogP contribution is -2.25. The van der Waals surface area contributed by atoms with Crippen molar-refractivity contribution in [2.75, 3.05) is 20.3 Å². The third-order valence-electron chi connectivity index (χ3n) is 4.42. The molecular weight excluding hydrogens is 292 g/mol. The molecule has 1 aliphatic rings. The fourth-order valence-corrected chi connectivity index (χ4v) is 3.26. The van der Waals surface area contributed by atoms with Gasteiger partial charge in [0.1, 0.15) is 0 Å². The second-order valence-electron chi connectivity index (χ2n) is 6.18. The van der Waals surface area contributed by atoms with E-state index in [2.05, 4.69) is 15.4 Å². The molecule has 0 aromatic carbocycles. The van der Waals surface area contributed by atoms with E-state index in [1.165, 1.54) is 12.8 Å². The summed E-state index contributed by atoms with van der Waals surface area (Å²) in [6.07, 6.45) is 7.35. The summed E-state index contributed by atoms with van der Waals surface area (Å²) in [6.45, 7) is 3.17. The number of aromatic nitrogens is 3. The highest BCUT2D eigenvalue weighted by Gasteiger charge is 2.22. The number of rotatable bonds is 6. The number of carbonyl (C=O) groups is 1. The van der Waals surface area contributed by atoms with Gasteiger partial charge in [-0.15, -0.1) is 0 Å². The van der Waals surface area contributed by atoms with Crippen molar-refractivity contribution in [2.24, 2.45) is 0 Å². The molecule has 1 aliphatic carbocycles. The number of hydrogen-bond donors (Lipinski definition) is 1. The molecule has 0 bridgehead atoms. The van der Waals surface area contributed by atoms with Crippen LogP contribution in [0.15, 0.2) is 12.3 Å². The molecule has 6 heteroatoms. The van der Waals surface area contributed by atoms with Gasteiger partial charge in [0.15, 0.2) is 5.65 Å². The van der Waals surface area contributed by atoms with Crippen LogP contribution in [0, 0.1) is 6.92 Å². The van der Waals surface area contributed by atoms with E-state index in [1.54, 1.807) is 13.3 Å². The van der Waals surface area contributed by atoms with E-state index >= 15 is 0 Å². The first-order valence-electron chi connectivity index (χ1n) is 8.32. The first-order valence-corrected chi connectivity index (χ1v) is 8.32. The number of nitrogens with zero attached hydrogens (tertiary/aromatic N) is 3. The first kappa shape index (κ1) is 15.9. The van der Waals surface area contributed by atoms with Crippen LogP contribution in [0.2, 0.25) is 0 Å². The van der Waals surface area contributed by atoms with Crippen molar-refractivity contribution in [1.29, 1.82) is 0 Å². The Bertz CT molecular complexity index is 689. The summed E-state index contributed by atoms with van der Waals surface area (Å²) in [5, 5.41) is 8.31. The molecule has 0 atom stereocenters. The first-order chi connectivity index (χ1) is 11.2. The quantitative estimate of drug-likeness (QED) is 0.832. The predicted octanol–water partition coefficient (Wildman–Crippen LogP) is 2.62. The van der Waals surface area contributed by atoms with Crippen LogP contribution in [-0.2, 0) is 4.74 Å². The lowest BCUT2D eigenvalue weighted by molar-refractivity contribution is 0.0950. The molecule has 0 spiro atoms. The van der Waals surface area contributed by atoms with Gasteiger partial charge in [-0.05, 0) is 32.3 Å². The molecule has 6 nitrogen and oxygen atoms in total. The molecule has 0 saturated heterocycles. The molecule has 3 rings (SSSR count). The highest BCUT2D eigenvalue weighted by atomic mass is 16.5. The van der Waals surface area contributed by atoms with Crippen molar-refractivity contribution in [3.8, 4) is 0 Å². The molecule has 0 aliphatic heterocycles. The largest absolute Gasteiger partial charge is 0.385 e. The van der Waals surface area contributed by atoms with Crippen molar-refractivity contribution in [1.82, 2.24) is 20.1 Å². The fourth-order valence-electron chi connectivity index (χ4n) is 3.26. The smallest absolute Gasteiger partial charge is 0.252 e. The molecule has 2 heterocycles. The van der Waals surface area contributed by atoms with E-state index in [4.69, 9.17) is 4.74 Å². The number of pyridine rings is 1. The van der Waals surface area contributed by atoms with Gasteiger partial charge >= 0.3 is 0 Å². The molecule has 1 amide bonds. The van der Waals surface area contributed by atoms with Crippen molar-refractivity contribution < 1.29 is 9.53 Å². The van der Waals surface area contributed by atoms with E-state index in [0.29, 0.717) is 24.8 Å². The molecule has 1 saturated carbocycles. The normalized spacial score (nSPS) is 15.4. The second kappa shape index (κ2) is 7.08. The Kier molecular flexibility index (Phi) is 4.91. The average Bonchev–Trinajstić information content (AvgIpc) is 3.19. The van der Waals surface area contributed by atoms with Gasteiger partial charge in [-0.1, -0.05) is 12.8 Å². The van der Waals surface area contributed by atoms with Crippen LogP contribution in [-0.4, -0.2) is 40.9 Å². The number of nitrogens with one attached hydrogen (secondary N) is 1. The molecule has 0 unspecified atom stereocenters. The molecule has 124 valence electrons. The van der Waals surface area contributed by atoms with Crippen LogP contribution in [0.5, 0.6) is 0 Å². The van der Waals surface area contributed by atoms with Crippen LogP contribution in [0.3, 0.4) is 0 Å². The minimum absolute atomic E-state index is 0.0671. The highest BCUT2D eigenvalue weighted by Crippen LogP contribution is 2.31. The predicted molar refractivity (Wildman–Crippen MR) is 88.6 cm³/mol. The lowest BCUT2D eigenvalue weighted by Gasteiger charge is -2.12. The van der Waals surface area contributed by atoms with Gasteiger partial charge in [-0.3, -0.25) is 4.79 Å². The zero-order valence-corrected chi connectivity index (χ0v) is 13.8. The number of aryl methyl sites for hydroxylation is 1. The second-order valence-corrected chi connectivity index (χ2v) is 6.18. The Balaban J connectivity index is 1.86. The molecule has 1 fully saturated rings. The SMILES string of the molecule is COCCCNC(=O)c1cc(C)nc2c1cnn2C1CCCC1. The zero-order chi connectivity index (χ0) is 16.2. The maximum Gasteiger partial charge on any atom is 0.252 e. The zero-order valence-electron chi connectivity index (χ0n) is 13.8. The Morgan fingerprint density at radius 3 is 2.96 bits per heavy atom. The van der Waals surface area contributed by atoms with Crippen LogP contribution < -0.4 is 5.32 Å². The molecule has 2 aromatic rings. The van der Waals surface area contributed by atoms with Gasteiger partial charge in [0.05, 0.1) is 23.2 Å². The van der Waals surface area contributed by atoms with Crippen molar-refractivity contribution in [3.05, 3.63) is 23.5 Å². The number of carbonyl (C=O) groups excluding carboxylic acids is 1. The van der Waals surface area contributed by atoms with Gasteiger partial charge in [0, 0.05) is 26.0 Å². The van der Waals surface area contributed by atoms with Crippen molar-refractivity contribution >= 4 is 16.9 Å². The van der Waals surface area contributed by atoms with Gasteiger partial charge in [-0.2, -0.15) is 5.10 Å². The number of hydrogen-bond acceptors (Lipinski definition) is 4. The third-order valence-corrected chi connectivity index (χ3v) is 4.42. The number of fused-ring (bicyclic) bond motifs is 1. The number of ether oxygens (including phenoxy) is 1. The maximum absolute atomic E-state index is 12.5. The highest BCUT2D eigenvalue weighted by molar-refractivity contribution is 6.05. The van der Waals surface area contributed by atoms with Crippen LogP contribution in [0.25, 0.3) is 11.0 Å². The molecule has 0 radical (unpaired) electrons. The van der Waals surface area contributed by atoms with E-state index in [9.17, 15) is 4.79 Å². The summed E-state index contributed by atoms with van der Waals surface area (Å²) in [7, 11) is 1.66. The molecule has 23 heavy (non-hydrogen) atoms. The van der Waals surface area contributed by atoms with E-state index < -0.39 is 0 Å². The van der Waals surface area contributed by atoms with E-state index in [1.807, 2.05) is 17.7 Å². The summed E-state index contributed by atoms with van der Waals surface area (Å²) in [6, 6.07) is 2.26. The molecular formula is C17H24N4O2. The monoisotopic (exact) mass is 316 g/mol. The minimum atomic E-state index is -0.0671. The summed E-state index contributed by atoms with van der Waals surface area (Å²) < 4.78 is 7.02. The number of methoxy groups -OCH3 is 1. The van der Waals surface area contributed by atoms with Gasteiger partial charge in [0.25, 0.3) is 5.91 Å². The molecule has 2 aromatic heterocycles. The Hall–Kier alpha value is -1.95. The fraction of sp³-hybridized carbons (Fsp3) is 0.588. The van der Waals surface area contributed by atoms with Crippen molar-refractivity contribution in [3.63, 3.8) is 0 Å². The summed E-state index contributed by atoms with van der Waals surface area (Å²) in [5.74, 6) is -0.0671. The standard InChI is InChI=1S/C17H24N4O2/c1-12-10-14(17(22)18-8-5-9-23-2)15-11-19-21(16(15)20-12)13-6-3-4-7-13/h10-11,13H,3-9H2,1-2H3,(H,18,22). The maximum atomic E-state index is 12.5. The average molecular weight is 316 g/mol.